The maximum absolute atomic E-state index is 11.6. The second-order valence-corrected chi connectivity index (χ2v) is 8.02. The Balaban J connectivity index is 1.44. The molecule has 10 nitrogen and oxygen atoms in total. The Hall–Kier alpha value is -4.77. The Morgan fingerprint density at radius 2 is 1.63 bits per heavy atom. The molecule has 0 saturated carbocycles. The molecule has 0 atom stereocenters. The van der Waals surface area contributed by atoms with E-state index in [1.807, 2.05) is 54.6 Å². The molecule has 2 N–H and O–H groups in total. The van der Waals surface area contributed by atoms with Gasteiger partial charge in [0.25, 0.3) is 5.69 Å². The third kappa shape index (κ3) is 6.18. The third-order valence-electron chi connectivity index (χ3n) is 4.78. The third-order valence-corrected chi connectivity index (χ3v) is 5.53. The highest BCUT2D eigenvalue weighted by molar-refractivity contribution is 7.14. The second kappa shape index (κ2) is 10.9. The quantitative estimate of drug-likeness (QED) is 0.124. The molecule has 4 aromatic rings. The summed E-state index contributed by atoms with van der Waals surface area (Å²) in [5.74, 6) is -1.28. The highest BCUT2D eigenvalue weighted by Gasteiger charge is 2.18. The van der Waals surface area contributed by atoms with Crippen LogP contribution in [0.2, 0.25) is 0 Å². The number of hydrogen-bond donors (Lipinski definition) is 2. The zero-order valence-corrected chi connectivity index (χ0v) is 18.9. The van der Waals surface area contributed by atoms with Gasteiger partial charge in [-0.1, -0.05) is 48.5 Å². The number of nitro groups is 1. The molecule has 0 amide bonds. The minimum absolute atomic E-state index is 0.162. The highest BCUT2D eigenvalue weighted by atomic mass is 32.1. The van der Waals surface area contributed by atoms with E-state index in [0.29, 0.717) is 16.5 Å². The van der Waals surface area contributed by atoms with Crippen LogP contribution in [0.1, 0.15) is 5.56 Å². The van der Waals surface area contributed by atoms with E-state index in [0.717, 1.165) is 11.3 Å². The van der Waals surface area contributed by atoms with Crippen molar-refractivity contribution in [3.63, 3.8) is 0 Å². The van der Waals surface area contributed by atoms with Gasteiger partial charge in [-0.25, -0.2) is 9.78 Å². The summed E-state index contributed by atoms with van der Waals surface area (Å²) in [6, 6.07) is 22.7. The van der Waals surface area contributed by atoms with Crippen LogP contribution in [0.3, 0.4) is 0 Å². The van der Waals surface area contributed by atoms with Gasteiger partial charge < -0.3 is 5.11 Å². The first-order valence-electron chi connectivity index (χ1n) is 10.3. The molecule has 0 fully saturated rings. The molecule has 1 aromatic heterocycles. The molecule has 35 heavy (non-hydrogen) atoms. The number of anilines is 1. The molecule has 1 heterocycles. The number of nitrogens with one attached hydrogen (secondary N) is 1. The molecule has 11 heteroatoms. The zero-order valence-electron chi connectivity index (χ0n) is 18.1. The summed E-state index contributed by atoms with van der Waals surface area (Å²) in [6.45, 7) is 0. The van der Waals surface area contributed by atoms with Gasteiger partial charge in [0.05, 0.1) is 22.0 Å². The summed E-state index contributed by atoms with van der Waals surface area (Å²) in [5, 5.41) is 35.2. The van der Waals surface area contributed by atoms with E-state index in [-0.39, 0.29) is 23.4 Å². The molecule has 0 bridgehead atoms. The predicted molar refractivity (Wildman–Crippen MR) is 134 cm³/mol. The van der Waals surface area contributed by atoms with Crippen LogP contribution in [0, 0.1) is 10.1 Å². The van der Waals surface area contributed by atoms with Crippen LogP contribution in [-0.2, 0) is 11.2 Å². The second-order valence-electron chi connectivity index (χ2n) is 7.16. The lowest BCUT2D eigenvalue weighted by Gasteiger charge is -2.04. The van der Waals surface area contributed by atoms with Gasteiger partial charge in [0.1, 0.15) is 5.71 Å². The van der Waals surface area contributed by atoms with Crippen molar-refractivity contribution in [1.29, 1.82) is 0 Å². The maximum Gasteiger partial charge on any atom is 0.352 e. The van der Waals surface area contributed by atoms with Crippen LogP contribution in [0.25, 0.3) is 11.3 Å². The van der Waals surface area contributed by atoms with Crippen LogP contribution in [-0.4, -0.2) is 26.7 Å². The van der Waals surface area contributed by atoms with Crippen LogP contribution in [0.4, 0.5) is 22.2 Å². The summed E-state index contributed by atoms with van der Waals surface area (Å²) in [6.07, 6.45) is -0.212. The largest absolute Gasteiger partial charge is 0.477 e. The molecule has 0 aliphatic carbocycles. The Morgan fingerprint density at radius 1 is 0.971 bits per heavy atom. The van der Waals surface area contributed by atoms with Crippen molar-refractivity contribution in [2.45, 2.75) is 6.42 Å². The lowest BCUT2D eigenvalue weighted by Crippen LogP contribution is -2.18. The molecule has 4 rings (SSSR count). The molecule has 0 aliphatic rings. The first kappa shape index (κ1) is 23.4. The Kier molecular flexibility index (Phi) is 7.28. The van der Waals surface area contributed by atoms with E-state index in [9.17, 15) is 20.0 Å². The number of aromatic nitrogens is 1. The Bertz CT molecular complexity index is 1400. The average Bonchev–Trinajstić information content (AvgIpc) is 3.35. The van der Waals surface area contributed by atoms with Gasteiger partial charge in [0, 0.05) is 29.0 Å². The molecule has 174 valence electrons. The number of hydrazone groups is 1. The van der Waals surface area contributed by atoms with Gasteiger partial charge >= 0.3 is 5.97 Å². The number of nitro benzene ring substituents is 1. The number of carboxylic acids is 1. The SMILES string of the molecule is O=C(O)C(Cc1ccccc1[N+](=O)[O-])=NNc1nc(-c2ccc(N=Nc3ccccc3)cc2)cs1. The van der Waals surface area contributed by atoms with E-state index in [1.54, 1.807) is 11.4 Å². The van der Waals surface area contributed by atoms with Crippen LogP contribution in [0.5, 0.6) is 0 Å². The lowest BCUT2D eigenvalue weighted by molar-refractivity contribution is -0.385. The minimum Gasteiger partial charge on any atom is -0.477 e. The number of azo groups is 1. The maximum atomic E-state index is 11.6. The molecular formula is C24H18N6O4S. The average molecular weight is 487 g/mol. The molecule has 0 spiro atoms. The molecule has 0 aliphatic heterocycles. The number of rotatable bonds is 9. The summed E-state index contributed by atoms with van der Waals surface area (Å²) in [4.78, 5) is 26.7. The standard InChI is InChI=1S/C24H18N6O4S/c31-23(32)20(14-17-6-4-5-9-22(17)30(33)34)28-29-24-25-21(15-35-24)16-10-12-19(13-11-16)27-26-18-7-2-1-3-8-18/h1-13,15H,14H2,(H,25,29)(H,31,32). The number of aliphatic carboxylic acids is 1. The Morgan fingerprint density at radius 3 is 2.31 bits per heavy atom. The smallest absolute Gasteiger partial charge is 0.352 e. The number of carbonyl (C=O) groups is 1. The number of nitrogens with zero attached hydrogens (tertiary/aromatic N) is 5. The number of thiazole rings is 1. The summed E-state index contributed by atoms with van der Waals surface area (Å²) < 4.78 is 0. The van der Waals surface area contributed by atoms with E-state index in [1.165, 1.54) is 29.5 Å². The molecular weight excluding hydrogens is 468 g/mol. The predicted octanol–water partition coefficient (Wildman–Crippen LogP) is 6.23. The van der Waals surface area contributed by atoms with Gasteiger partial charge in [-0.3, -0.25) is 15.5 Å². The van der Waals surface area contributed by atoms with E-state index < -0.39 is 10.9 Å². The monoisotopic (exact) mass is 486 g/mol. The van der Waals surface area contributed by atoms with Crippen molar-refractivity contribution >= 4 is 45.2 Å². The minimum atomic E-state index is -1.28. The van der Waals surface area contributed by atoms with Crippen molar-refractivity contribution in [1.82, 2.24) is 4.98 Å². The van der Waals surface area contributed by atoms with E-state index in [2.05, 4.69) is 25.7 Å². The van der Waals surface area contributed by atoms with Crippen LogP contribution < -0.4 is 5.43 Å². The molecule has 0 radical (unpaired) electrons. The highest BCUT2D eigenvalue weighted by Crippen LogP contribution is 2.27. The molecule has 0 unspecified atom stereocenters. The van der Waals surface area contributed by atoms with Gasteiger partial charge in [-0.05, 0) is 24.3 Å². The summed E-state index contributed by atoms with van der Waals surface area (Å²) >= 11 is 1.25. The number of benzene rings is 3. The molecule has 3 aromatic carbocycles. The zero-order chi connectivity index (χ0) is 24.6. The van der Waals surface area contributed by atoms with Crippen molar-refractivity contribution < 1.29 is 14.8 Å². The summed E-state index contributed by atoms with van der Waals surface area (Å²) in [7, 11) is 0. The first-order valence-corrected chi connectivity index (χ1v) is 11.2. The fraction of sp³-hybridized carbons (Fsp3) is 0.0417. The van der Waals surface area contributed by atoms with Crippen molar-refractivity contribution in [2.24, 2.45) is 15.3 Å². The molecule has 0 saturated heterocycles. The first-order chi connectivity index (χ1) is 17.0. The fourth-order valence-electron chi connectivity index (χ4n) is 3.06. The van der Waals surface area contributed by atoms with Crippen LogP contribution >= 0.6 is 11.3 Å². The van der Waals surface area contributed by atoms with Gasteiger partial charge in [0.15, 0.2) is 0 Å². The number of para-hydroxylation sites is 1. The van der Waals surface area contributed by atoms with Crippen molar-refractivity contribution in [3.8, 4) is 11.3 Å². The fourth-order valence-corrected chi connectivity index (χ4v) is 3.73. The van der Waals surface area contributed by atoms with Crippen molar-refractivity contribution in [2.75, 3.05) is 5.43 Å². The van der Waals surface area contributed by atoms with Gasteiger partial charge in [0.2, 0.25) is 5.13 Å². The topological polar surface area (TPSA) is 142 Å². The van der Waals surface area contributed by atoms with E-state index in [4.69, 9.17) is 0 Å². The van der Waals surface area contributed by atoms with Crippen LogP contribution in [0.15, 0.2) is 99.6 Å². The number of hydrogen-bond acceptors (Lipinski definition) is 9. The normalized spacial score (nSPS) is 11.5. The van der Waals surface area contributed by atoms with Gasteiger partial charge in [-0.15, -0.1) is 11.3 Å². The van der Waals surface area contributed by atoms with E-state index >= 15 is 0 Å². The van der Waals surface area contributed by atoms with Crippen molar-refractivity contribution in [3.05, 3.63) is 99.9 Å². The lowest BCUT2D eigenvalue weighted by atomic mass is 10.1. The Labute approximate surface area is 203 Å². The summed E-state index contributed by atoms with van der Waals surface area (Å²) in [5.41, 5.74) is 5.43. The number of carboxylic acid groups (broad SMARTS) is 1. The van der Waals surface area contributed by atoms with Gasteiger partial charge in [-0.2, -0.15) is 15.3 Å².